The Kier molecular flexibility index (Phi) is 6.51. The van der Waals surface area contributed by atoms with Crippen molar-refractivity contribution >= 4 is 10.0 Å². The van der Waals surface area contributed by atoms with Crippen LogP contribution in [-0.4, -0.2) is 49.9 Å². The van der Waals surface area contributed by atoms with Crippen molar-refractivity contribution in [2.24, 2.45) is 0 Å². The molecule has 0 bridgehead atoms. The fraction of sp³-hybridized carbons (Fsp3) is 0.478. The number of benzene rings is 2. The van der Waals surface area contributed by atoms with E-state index in [0.29, 0.717) is 12.8 Å². The molecule has 2 aliphatic rings. The smallest absolute Gasteiger partial charge is 0.416 e. The number of sulfonamides is 1. The van der Waals surface area contributed by atoms with Crippen LogP contribution in [0, 0.1) is 0 Å². The van der Waals surface area contributed by atoms with Gasteiger partial charge in [0.25, 0.3) is 0 Å². The summed E-state index contributed by atoms with van der Waals surface area (Å²) in [6, 6.07) is 11.6. The number of hydrogen-bond acceptors (Lipinski definition) is 4. The molecule has 0 atom stereocenters. The summed E-state index contributed by atoms with van der Waals surface area (Å²) in [6.07, 6.45) is -1.76. The molecule has 0 radical (unpaired) electrons. The van der Waals surface area contributed by atoms with Gasteiger partial charge in [-0.05, 0) is 61.6 Å². The minimum Gasteiger partial charge on any atom is -0.497 e. The minimum absolute atomic E-state index is 0.118. The predicted molar refractivity (Wildman–Crippen MR) is 115 cm³/mol. The molecule has 1 aliphatic heterocycles. The zero-order valence-corrected chi connectivity index (χ0v) is 18.7. The molecule has 1 aliphatic carbocycles. The van der Waals surface area contributed by atoms with Gasteiger partial charge in [-0.2, -0.15) is 17.5 Å². The van der Waals surface area contributed by atoms with Crippen LogP contribution in [0.1, 0.15) is 36.8 Å². The fourth-order valence-corrected chi connectivity index (χ4v) is 6.27. The molecule has 4 rings (SSSR count). The molecule has 2 aromatic carbocycles. The highest BCUT2D eigenvalue weighted by Gasteiger charge is 2.44. The molecule has 5 nitrogen and oxygen atoms in total. The van der Waals surface area contributed by atoms with E-state index in [0.717, 1.165) is 62.0 Å². The van der Waals surface area contributed by atoms with Crippen LogP contribution in [-0.2, 0) is 22.7 Å². The summed E-state index contributed by atoms with van der Waals surface area (Å²) in [6.45, 7) is 2.23. The van der Waals surface area contributed by atoms with Crippen molar-refractivity contribution in [3.63, 3.8) is 0 Å². The van der Waals surface area contributed by atoms with Crippen LogP contribution < -0.4 is 4.74 Å². The van der Waals surface area contributed by atoms with Crippen LogP contribution >= 0.6 is 0 Å². The maximum Gasteiger partial charge on any atom is 0.416 e. The third kappa shape index (κ3) is 5.10. The number of likely N-dealkylation sites (tertiary alicyclic amines) is 1. The summed E-state index contributed by atoms with van der Waals surface area (Å²) in [5, 5.41) is 0. The van der Waals surface area contributed by atoms with Crippen molar-refractivity contribution in [2.75, 3.05) is 20.2 Å². The Bertz CT molecular complexity index is 1030. The number of piperidine rings is 1. The topological polar surface area (TPSA) is 49.9 Å². The molecule has 2 fully saturated rings. The van der Waals surface area contributed by atoms with Crippen molar-refractivity contribution in [3.8, 4) is 5.75 Å². The second-order valence-corrected chi connectivity index (χ2v) is 10.3. The zero-order chi connectivity index (χ0) is 22.9. The second kappa shape index (κ2) is 9.03. The Hall–Kier alpha value is -2.10. The van der Waals surface area contributed by atoms with Gasteiger partial charge in [0, 0.05) is 31.7 Å². The number of methoxy groups -OCH3 is 1. The summed E-state index contributed by atoms with van der Waals surface area (Å²) in [5.74, 6) is 0.798. The molecule has 2 aromatic rings. The van der Waals surface area contributed by atoms with Gasteiger partial charge in [-0.3, -0.25) is 4.90 Å². The number of hydrogen-bond donors (Lipinski definition) is 0. The van der Waals surface area contributed by atoms with Crippen LogP contribution in [0.5, 0.6) is 5.75 Å². The monoisotopic (exact) mass is 468 g/mol. The third-order valence-electron chi connectivity index (χ3n) is 6.13. The molecule has 32 heavy (non-hydrogen) atoms. The molecule has 174 valence electrons. The summed E-state index contributed by atoms with van der Waals surface area (Å²) in [4.78, 5) is 2.00. The van der Waals surface area contributed by atoms with E-state index in [1.54, 1.807) is 7.11 Å². The molecule has 1 saturated carbocycles. The zero-order valence-electron chi connectivity index (χ0n) is 17.9. The number of rotatable bonds is 7. The number of ether oxygens (including phenoxy) is 1. The molecule has 0 N–H and O–H groups in total. The van der Waals surface area contributed by atoms with E-state index in [9.17, 15) is 21.6 Å². The van der Waals surface area contributed by atoms with Crippen molar-refractivity contribution < 1.29 is 26.3 Å². The molecule has 9 heteroatoms. The summed E-state index contributed by atoms with van der Waals surface area (Å²) in [7, 11) is -2.38. The van der Waals surface area contributed by atoms with Crippen molar-refractivity contribution in [3.05, 3.63) is 59.7 Å². The highest BCUT2D eigenvalue weighted by atomic mass is 32.2. The van der Waals surface area contributed by atoms with Gasteiger partial charge in [-0.25, -0.2) is 8.42 Å². The number of alkyl halides is 3. The Morgan fingerprint density at radius 1 is 1.00 bits per heavy atom. The SMILES string of the molecule is COc1ccc(CN2CCC(N(C3CC3)S(=O)(=O)c3cccc(C(F)(F)F)c3)CC2)cc1. The largest absolute Gasteiger partial charge is 0.497 e. The lowest BCUT2D eigenvalue weighted by Crippen LogP contribution is -2.48. The highest BCUT2D eigenvalue weighted by molar-refractivity contribution is 7.89. The fourth-order valence-electron chi connectivity index (χ4n) is 4.30. The van der Waals surface area contributed by atoms with E-state index in [1.165, 1.54) is 10.4 Å². The van der Waals surface area contributed by atoms with E-state index < -0.39 is 21.8 Å². The van der Waals surface area contributed by atoms with Gasteiger partial charge in [-0.15, -0.1) is 0 Å². The molecule has 0 aromatic heterocycles. The van der Waals surface area contributed by atoms with Crippen LogP contribution in [0.25, 0.3) is 0 Å². The lowest BCUT2D eigenvalue weighted by Gasteiger charge is -2.38. The molecule has 0 spiro atoms. The second-order valence-electron chi connectivity index (χ2n) is 8.45. The first-order chi connectivity index (χ1) is 15.2. The Morgan fingerprint density at radius 2 is 1.62 bits per heavy atom. The van der Waals surface area contributed by atoms with Gasteiger partial charge in [0.1, 0.15) is 5.75 Å². The quantitative estimate of drug-likeness (QED) is 0.599. The van der Waals surface area contributed by atoms with Crippen LogP contribution in [0.4, 0.5) is 13.2 Å². The van der Waals surface area contributed by atoms with E-state index in [4.69, 9.17) is 4.74 Å². The van der Waals surface area contributed by atoms with Crippen LogP contribution in [0.15, 0.2) is 53.4 Å². The van der Waals surface area contributed by atoms with E-state index >= 15 is 0 Å². The number of halogens is 3. The van der Waals surface area contributed by atoms with Crippen LogP contribution in [0.2, 0.25) is 0 Å². The molecule has 1 heterocycles. The molecule has 0 unspecified atom stereocenters. The Morgan fingerprint density at radius 3 is 2.19 bits per heavy atom. The standard InChI is InChI=1S/C23H27F3N2O3S/c1-31-21-9-5-17(6-10-21)16-27-13-11-20(12-14-27)28(19-7-8-19)32(29,30)22-4-2-3-18(15-22)23(24,25)26/h2-6,9-10,15,19-20H,7-8,11-14,16H2,1H3. The summed E-state index contributed by atoms with van der Waals surface area (Å²) < 4.78 is 72.8. The maximum atomic E-state index is 13.4. The lowest BCUT2D eigenvalue weighted by molar-refractivity contribution is -0.137. The first kappa shape index (κ1) is 23.1. The van der Waals surface area contributed by atoms with Crippen molar-refractivity contribution in [1.82, 2.24) is 9.21 Å². The van der Waals surface area contributed by atoms with Crippen molar-refractivity contribution in [2.45, 2.75) is 55.4 Å². The summed E-state index contributed by atoms with van der Waals surface area (Å²) >= 11 is 0. The molecular weight excluding hydrogens is 441 g/mol. The van der Waals surface area contributed by atoms with Gasteiger partial charge in [0.15, 0.2) is 0 Å². The normalized spacial score (nSPS) is 18.8. The summed E-state index contributed by atoms with van der Waals surface area (Å²) in [5.41, 5.74) is 0.212. The Labute approximate surface area is 186 Å². The first-order valence-electron chi connectivity index (χ1n) is 10.7. The van der Waals surface area contributed by atoms with Gasteiger partial charge in [-0.1, -0.05) is 18.2 Å². The third-order valence-corrected chi connectivity index (χ3v) is 8.13. The average molecular weight is 469 g/mol. The molecule has 1 saturated heterocycles. The van der Waals surface area contributed by atoms with Gasteiger partial charge >= 0.3 is 6.18 Å². The van der Waals surface area contributed by atoms with Gasteiger partial charge in [0.05, 0.1) is 17.6 Å². The van der Waals surface area contributed by atoms with Crippen molar-refractivity contribution in [1.29, 1.82) is 0 Å². The molecule has 0 amide bonds. The van der Waals surface area contributed by atoms with E-state index in [-0.39, 0.29) is 17.0 Å². The highest BCUT2D eigenvalue weighted by Crippen LogP contribution is 2.38. The van der Waals surface area contributed by atoms with E-state index in [1.807, 2.05) is 24.3 Å². The van der Waals surface area contributed by atoms with Gasteiger partial charge < -0.3 is 4.74 Å². The number of nitrogens with zero attached hydrogens (tertiary/aromatic N) is 2. The lowest BCUT2D eigenvalue weighted by atomic mass is 10.0. The predicted octanol–water partition coefficient (Wildman–Crippen LogP) is 4.53. The van der Waals surface area contributed by atoms with E-state index in [2.05, 4.69) is 4.90 Å². The van der Waals surface area contributed by atoms with Crippen LogP contribution in [0.3, 0.4) is 0 Å². The molecular formula is C23H27F3N2O3S. The van der Waals surface area contributed by atoms with Gasteiger partial charge in [0.2, 0.25) is 10.0 Å². The maximum absolute atomic E-state index is 13.4. The Balaban J connectivity index is 1.46. The average Bonchev–Trinajstić information content (AvgIpc) is 3.60. The minimum atomic E-state index is -4.58. The first-order valence-corrected chi connectivity index (χ1v) is 12.2.